The van der Waals surface area contributed by atoms with E-state index in [-0.39, 0.29) is 12.0 Å². The molecule has 0 saturated heterocycles. The summed E-state index contributed by atoms with van der Waals surface area (Å²) >= 11 is 0. The molecule has 1 rings (SSSR count). The van der Waals surface area contributed by atoms with Crippen LogP contribution in [-0.4, -0.2) is 28.2 Å². The van der Waals surface area contributed by atoms with E-state index in [0.717, 1.165) is 25.1 Å². The lowest BCUT2D eigenvalue weighted by atomic mass is 10.1. The van der Waals surface area contributed by atoms with Crippen LogP contribution in [0.2, 0.25) is 0 Å². The molecule has 0 aliphatic carbocycles. The van der Waals surface area contributed by atoms with Gasteiger partial charge in [-0.3, -0.25) is 5.32 Å². The Hall–Kier alpha value is -1.36. The van der Waals surface area contributed by atoms with Crippen molar-refractivity contribution in [2.24, 2.45) is 0 Å². The molecule has 0 aromatic carbocycles. The third-order valence-corrected chi connectivity index (χ3v) is 3.09. The summed E-state index contributed by atoms with van der Waals surface area (Å²) in [7, 11) is 0. The molecular formula is C14H25N3O2. The van der Waals surface area contributed by atoms with E-state index in [0.29, 0.717) is 6.61 Å². The number of ether oxygens (including phenoxy) is 1. The Morgan fingerprint density at radius 2 is 2.21 bits per heavy atom. The number of rotatable bonds is 8. The fourth-order valence-electron chi connectivity index (χ4n) is 1.90. The van der Waals surface area contributed by atoms with Crippen molar-refractivity contribution < 1.29 is 9.53 Å². The van der Waals surface area contributed by atoms with E-state index in [4.69, 9.17) is 4.74 Å². The summed E-state index contributed by atoms with van der Waals surface area (Å²) in [5.74, 6) is -0.236. The number of aromatic nitrogens is 2. The number of nitrogens with one attached hydrogen (secondary N) is 1. The summed E-state index contributed by atoms with van der Waals surface area (Å²) in [6, 6.07) is -0.191. The zero-order valence-corrected chi connectivity index (χ0v) is 12.3. The van der Waals surface area contributed by atoms with E-state index in [1.165, 1.54) is 0 Å². The molecule has 0 fully saturated rings. The van der Waals surface area contributed by atoms with E-state index < -0.39 is 6.04 Å². The third kappa shape index (κ3) is 4.35. The van der Waals surface area contributed by atoms with Gasteiger partial charge in [0.05, 0.1) is 24.8 Å². The molecule has 5 nitrogen and oxygen atoms in total. The summed E-state index contributed by atoms with van der Waals surface area (Å²) in [4.78, 5) is 16.3. The summed E-state index contributed by atoms with van der Waals surface area (Å²) in [6.07, 6.45) is 5.47. The SMILES string of the molecule is CCCn1cncc1C(NC(C)CC)C(=O)OCC. The monoisotopic (exact) mass is 267 g/mol. The highest BCUT2D eigenvalue weighted by Gasteiger charge is 2.26. The first-order chi connectivity index (χ1) is 9.13. The largest absolute Gasteiger partial charge is 0.465 e. The molecule has 0 saturated carbocycles. The number of hydrogen-bond acceptors (Lipinski definition) is 4. The van der Waals surface area contributed by atoms with Crippen LogP contribution in [0, 0.1) is 0 Å². The fourth-order valence-corrected chi connectivity index (χ4v) is 1.90. The number of carbonyl (C=O) groups excluding carboxylic acids is 1. The molecule has 2 atom stereocenters. The Morgan fingerprint density at radius 1 is 1.47 bits per heavy atom. The molecule has 2 unspecified atom stereocenters. The molecule has 0 spiro atoms. The van der Waals surface area contributed by atoms with Gasteiger partial charge in [-0.15, -0.1) is 0 Å². The van der Waals surface area contributed by atoms with Crippen molar-refractivity contribution in [1.29, 1.82) is 0 Å². The molecule has 0 radical (unpaired) electrons. The third-order valence-electron chi connectivity index (χ3n) is 3.09. The summed E-state index contributed by atoms with van der Waals surface area (Å²) in [5.41, 5.74) is 0.876. The van der Waals surface area contributed by atoms with Crippen molar-refractivity contribution in [1.82, 2.24) is 14.9 Å². The van der Waals surface area contributed by atoms with Gasteiger partial charge < -0.3 is 9.30 Å². The smallest absolute Gasteiger partial charge is 0.329 e. The second kappa shape index (κ2) is 7.94. The van der Waals surface area contributed by atoms with Crippen LogP contribution in [0.5, 0.6) is 0 Å². The highest BCUT2D eigenvalue weighted by Crippen LogP contribution is 2.16. The fraction of sp³-hybridized carbons (Fsp3) is 0.714. The maximum Gasteiger partial charge on any atom is 0.329 e. The Bertz CT molecular complexity index is 390. The van der Waals surface area contributed by atoms with Gasteiger partial charge in [0.1, 0.15) is 6.04 Å². The molecule has 19 heavy (non-hydrogen) atoms. The highest BCUT2D eigenvalue weighted by atomic mass is 16.5. The van der Waals surface area contributed by atoms with Crippen LogP contribution in [0.4, 0.5) is 0 Å². The first kappa shape index (κ1) is 15.7. The first-order valence-electron chi connectivity index (χ1n) is 7.06. The van der Waals surface area contributed by atoms with E-state index in [2.05, 4.69) is 31.1 Å². The van der Waals surface area contributed by atoms with E-state index in [9.17, 15) is 4.79 Å². The van der Waals surface area contributed by atoms with Crippen LogP contribution in [0.1, 0.15) is 52.3 Å². The number of imidazole rings is 1. The lowest BCUT2D eigenvalue weighted by molar-refractivity contribution is -0.146. The first-order valence-corrected chi connectivity index (χ1v) is 7.06. The molecule has 108 valence electrons. The zero-order valence-electron chi connectivity index (χ0n) is 12.3. The van der Waals surface area contributed by atoms with Gasteiger partial charge in [0, 0.05) is 12.6 Å². The van der Waals surface area contributed by atoms with Gasteiger partial charge in [0.2, 0.25) is 0 Å². The second-order valence-corrected chi connectivity index (χ2v) is 4.67. The molecule has 0 aliphatic heterocycles. The van der Waals surface area contributed by atoms with Crippen LogP contribution < -0.4 is 5.32 Å². The van der Waals surface area contributed by atoms with Crippen LogP contribution in [0.3, 0.4) is 0 Å². The highest BCUT2D eigenvalue weighted by molar-refractivity contribution is 5.77. The number of hydrogen-bond donors (Lipinski definition) is 1. The number of nitrogens with zero attached hydrogens (tertiary/aromatic N) is 2. The van der Waals surface area contributed by atoms with Crippen LogP contribution in [-0.2, 0) is 16.1 Å². The minimum absolute atomic E-state index is 0.236. The Labute approximate surface area is 115 Å². The van der Waals surface area contributed by atoms with Gasteiger partial charge in [-0.1, -0.05) is 13.8 Å². The standard InChI is InChI=1S/C14H25N3O2/c1-5-8-17-10-15-9-12(17)13(14(18)19-7-3)16-11(4)6-2/h9-11,13,16H,5-8H2,1-4H3. The van der Waals surface area contributed by atoms with Crippen LogP contribution >= 0.6 is 0 Å². The summed E-state index contributed by atoms with van der Waals surface area (Å²) < 4.78 is 7.17. The zero-order chi connectivity index (χ0) is 14.3. The number of aryl methyl sites for hydroxylation is 1. The molecule has 1 aromatic rings. The molecule has 0 amide bonds. The lowest BCUT2D eigenvalue weighted by Crippen LogP contribution is -2.37. The predicted molar refractivity (Wildman–Crippen MR) is 74.8 cm³/mol. The van der Waals surface area contributed by atoms with Gasteiger partial charge in [-0.25, -0.2) is 9.78 Å². The van der Waals surface area contributed by atoms with Gasteiger partial charge in [-0.05, 0) is 26.7 Å². The molecule has 1 N–H and O–H groups in total. The second-order valence-electron chi connectivity index (χ2n) is 4.67. The summed E-state index contributed by atoms with van der Waals surface area (Å²) in [5, 5.41) is 3.32. The summed E-state index contributed by atoms with van der Waals surface area (Å²) in [6.45, 7) is 9.32. The van der Waals surface area contributed by atoms with Crippen molar-refractivity contribution in [3.63, 3.8) is 0 Å². The Kier molecular flexibility index (Phi) is 6.56. The molecular weight excluding hydrogens is 242 g/mol. The topological polar surface area (TPSA) is 56.2 Å². The molecule has 5 heteroatoms. The maximum absolute atomic E-state index is 12.1. The van der Waals surface area contributed by atoms with Crippen molar-refractivity contribution in [2.75, 3.05) is 6.61 Å². The van der Waals surface area contributed by atoms with Gasteiger partial charge in [0.25, 0.3) is 0 Å². The van der Waals surface area contributed by atoms with E-state index >= 15 is 0 Å². The molecule has 0 bridgehead atoms. The minimum atomic E-state index is -0.441. The lowest BCUT2D eigenvalue weighted by Gasteiger charge is -2.22. The predicted octanol–water partition coefficient (Wildman–Crippen LogP) is 2.29. The van der Waals surface area contributed by atoms with Gasteiger partial charge in [-0.2, -0.15) is 0 Å². The molecule has 0 aliphatic rings. The number of esters is 1. The normalized spacial score (nSPS) is 14.1. The van der Waals surface area contributed by atoms with Crippen LogP contribution in [0.25, 0.3) is 0 Å². The van der Waals surface area contributed by atoms with Crippen molar-refractivity contribution in [2.45, 2.75) is 59.2 Å². The van der Waals surface area contributed by atoms with E-state index in [1.807, 2.05) is 11.5 Å². The van der Waals surface area contributed by atoms with E-state index in [1.54, 1.807) is 12.5 Å². The number of carbonyl (C=O) groups is 1. The molecule has 1 aromatic heterocycles. The quantitative estimate of drug-likeness (QED) is 0.734. The maximum atomic E-state index is 12.1. The van der Waals surface area contributed by atoms with Gasteiger partial charge in [0.15, 0.2) is 0 Å². The average molecular weight is 267 g/mol. The van der Waals surface area contributed by atoms with Crippen molar-refractivity contribution in [3.05, 3.63) is 18.2 Å². The Morgan fingerprint density at radius 3 is 2.79 bits per heavy atom. The van der Waals surface area contributed by atoms with Crippen LogP contribution in [0.15, 0.2) is 12.5 Å². The van der Waals surface area contributed by atoms with Gasteiger partial charge >= 0.3 is 5.97 Å². The molecule has 1 heterocycles. The average Bonchev–Trinajstić information content (AvgIpc) is 2.84. The van der Waals surface area contributed by atoms with Crippen molar-refractivity contribution in [3.8, 4) is 0 Å². The minimum Gasteiger partial charge on any atom is -0.465 e. The van der Waals surface area contributed by atoms with Crippen molar-refractivity contribution >= 4 is 5.97 Å². The Balaban J connectivity index is 2.93.